The minimum Gasteiger partial charge on any atom is -0.342 e. The van der Waals surface area contributed by atoms with Gasteiger partial charge in [0.15, 0.2) is 5.13 Å². The summed E-state index contributed by atoms with van der Waals surface area (Å²) in [5.74, 6) is 0.556. The maximum Gasteiger partial charge on any atom is 0.236 e. The molecule has 3 heterocycles. The molecule has 1 aliphatic carbocycles. The van der Waals surface area contributed by atoms with Crippen molar-refractivity contribution >= 4 is 28.3 Å². The molecule has 1 saturated heterocycles. The number of carbonyl (C=O) groups excluding carboxylic acids is 2. The summed E-state index contributed by atoms with van der Waals surface area (Å²) in [4.78, 5) is 34.6. The van der Waals surface area contributed by atoms with E-state index in [4.69, 9.17) is 0 Å². The molecular formula is C18H26N4O2S. The van der Waals surface area contributed by atoms with Crippen LogP contribution in [0.4, 0.5) is 5.13 Å². The number of aromatic nitrogens is 1. The summed E-state index contributed by atoms with van der Waals surface area (Å²) >= 11 is 1.57. The van der Waals surface area contributed by atoms with Gasteiger partial charge >= 0.3 is 0 Å². The molecule has 0 aromatic carbocycles. The van der Waals surface area contributed by atoms with E-state index >= 15 is 0 Å². The van der Waals surface area contributed by atoms with Crippen LogP contribution in [0.3, 0.4) is 0 Å². The molecule has 1 aromatic rings. The summed E-state index contributed by atoms with van der Waals surface area (Å²) in [7, 11) is 0. The van der Waals surface area contributed by atoms with E-state index in [0.29, 0.717) is 6.54 Å². The molecule has 25 heavy (non-hydrogen) atoms. The first-order chi connectivity index (χ1) is 12.2. The summed E-state index contributed by atoms with van der Waals surface area (Å²) < 4.78 is 0. The Morgan fingerprint density at radius 1 is 1.12 bits per heavy atom. The van der Waals surface area contributed by atoms with Crippen LogP contribution in [-0.2, 0) is 22.6 Å². The van der Waals surface area contributed by atoms with E-state index in [1.165, 1.54) is 11.3 Å². The number of anilines is 1. The molecule has 0 unspecified atom stereocenters. The van der Waals surface area contributed by atoms with Crippen LogP contribution in [-0.4, -0.2) is 52.8 Å². The Kier molecular flexibility index (Phi) is 5.03. The van der Waals surface area contributed by atoms with Gasteiger partial charge in [-0.2, -0.15) is 0 Å². The van der Waals surface area contributed by atoms with Crippen LogP contribution in [0.1, 0.15) is 49.1 Å². The van der Waals surface area contributed by atoms with Crippen LogP contribution in [0.2, 0.25) is 0 Å². The maximum absolute atomic E-state index is 12.5. The van der Waals surface area contributed by atoms with Gasteiger partial charge in [-0.3, -0.25) is 14.5 Å². The largest absolute Gasteiger partial charge is 0.342 e. The minimum atomic E-state index is 0.120. The van der Waals surface area contributed by atoms with Crippen LogP contribution in [0, 0.1) is 5.92 Å². The first-order valence-corrected chi connectivity index (χ1v) is 10.3. The zero-order valence-electron chi connectivity index (χ0n) is 14.6. The van der Waals surface area contributed by atoms with Gasteiger partial charge in [0.25, 0.3) is 0 Å². The van der Waals surface area contributed by atoms with Crippen LogP contribution in [0.25, 0.3) is 0 Å². The fourth-order valence-electron chi connectivity index (χ4n) is 3.75. The Hall–Kier alpha value is -1.47. The monoisotopic (exact) mass is 362 g/mol. The standard InChI is InChI=1S/C18H26N4O2S/c23-16(22-8-2-1-3-9-22)12-21-10-7-14-15(11-21)25-18(19-14)20-17(24)13-5-4-6-13/h13H,1-12H2,(H,19,20,24). The molecule has 2 fully saturated rings. The van der Waals surface area contributed by atoms with Crippen molar-refractivity contribution in [3.8, 4) is 0 Å². The second-order valence-corrected chi connectivity index (χ2v) is 8.49. The van der Waals surface area contributed by atoms with Gasteiger partial charge in [0.2, 0.25) is 11.8 Å². The summed E-state index contributed by atoms with van der Waals surface area (Å²) in [5.41, 5.74) is 1.09. The van der Waals surface area contributed by atoms with Crippen molar-refractivity contribution in [3.63, 3.8) is 0 Å². The van der Waals surface area contributed by atoms with E-state index in [1.807, 2.05) is 4.90 Å². The molecule has 0 radical (unpaired) electrons. The van der Waals surface area contributed by atoms with Crippen molar-refractivity contribution < 1.29 is 9.59 Å². The number of nitrogens with zero attached hydrogens (tertiary/aromatic N) is 3. The number of fused-ring (bicyclic) bond motifs is 1. The normalized spacial score (nSPS) is 21.5. The summed E-state index contributed by atoms with van der Waals surface area (Å²) in [5, 5.41) is 3.71. The van der Waals surface area contributed by atoms with Gasteiger partial charge in [0.05, 0.1) is 12.2 Å². The highest BCUT2D eigenvalue weighted by atomic mass is 32.1. The molecule has 2 amide bonds. The average molecular weight is 362 g/mol. The van der Waals surface area contributed by atoms with Crippen molar-refractivity contribution in [2.45, 2.75) is 51.5 Å². The van der Waals surface area contributed by atoms with E-state index in [-0.39, 0.29) is 17.7 Å². The number of rotatable bonds is 4. The zero-order chi connectivity index (χ0) is 17.2. The third kappa shape index (κ3) is 3.87. The number of piperidine rings is 1. The number of amides is 2. The first kappa shape index (κ1) is 17.0. The molecule has 136 valence electrons. The molecule has 0 atom stereocenters. The summed E-state index contributed by atoms with van der Waals surface area (Å²) in [6, 6.07) is 0. The van der Waals surface area contributed by atoms with Crippen LogP contribution in [0.15, 0.2) is 0 Å². The average Bonchev–Trinajstić information content (AvgIpc) is 2.95. The number of carbonyl (C=O) groups is 2. The van der Waals surface area contributed by atoms with Crippen molar-refractivity contribution in [1.82, 2.24) is 14.8 Å². The lowest BCUT2D eigenvalue weighted by Crippen LogP contribution is -2.43. The molecule has 3 aliphatic rings. The molecule has 4 rings (SSSR count). The van der Waals surface area contributed by atoms with E-state index in [9.17, 15) is 9.59 Å². The molecular weight excluding hydrogens is 336 g/mol. The number of thiazole rings is 1. The number of hydrogen-bond acceptors (Lipinski definition) is 5. The second-order valence-electron chi connectivity index (χ2n) is 7.41. The second kappa shape index (κ2) is 7.41. The fourth-order valence-corrected chi connectivity index (χ4v) is 4.80. The lowest BCUT2D eigenvalue weighted by Gasteiger charge is -2.31. The van der Waals surface area contributed by atoms with E-state index < -0.39 is 0 Å². The molecule has 2 aliphatic heterocycles. The lowest BCUT2D eigenvalue weighted by molar-refractivity contribution is -0.133. The third-order valence-corrected chi connectivity index (χ3v) is 6.58. The Morgan fingerprint density at radius 2 is 1.92 bits per heavy atom. The van der Waals surface area contributed by atoms with Gasteiger partial charge in [-0.05, 0) is 32.1 Å². The highest BCUT2D eigenvalue weighted by Gasteiger charge is 2.28. The van der Waals surface area contributed by atoms with Crippen molar-refractivity contribution in [2.75, 3.05) is 31.5 Å². The highest BCUT2D eigenvalue weighted by Crippen LogP contribution is 2.31. The molecule has 1 aromatic heterocycles. The third-order valence-electron chi connectivity index (χ3n) is 5.58. The van der Waals surface area contributed by atoms with Gasteiger partial charge in [-0.25, -0.2) is 4.98 Å². The first-order valence-electron chi connectivity index (χ1n) is 9.48. The molecule has 0 bridgehead atoms. The molecule has 7 heteroatoms. The fraction of sp³-hybridized carbons (Fsp3) is 0.722. The van der Waals surface area contributed by atoms with Gasteiger partial charge in [-0.15, -0.1) is 11.3 Å². The zero-order valence-corrected chi connectivity index (χ0v) is 15.4. The molecule has 6 nitrogen and oxygen atoms in total. The quantitative estimate of drug-likeness (QED) is 0.892. The Morgan fingerprint density at radius 3 is 2.64 bits per heavy atom. The van der Waals surface area contributed by atoms with Crippen molar-refractivity contribution in [1.29, 1.82) is 0 Å². The molecule has 1 N–H and O–H groups in total. The van der Waals surface area contributed by atoms with Crippen LogP contribution < -0.4 is 5.32 Å². The van der Waals surface area contributed by atoms with Gasteiger partial charge in [-0.1, -0.05) is 6.42 Å². The SMILES string of the molecule is O=C(Nc1nc2c(s1)CN(CC(=O)N1CCCCC1)CC2)C1CCC1. The number of likely N-dealkylation sites (tertiary alicyclic amines) is 1. The van der Waals surface area contributed by atoms with Gasteiger partial charge in [0.1, 0.15) is 0 Å². The molecule has 1 saturated carbocycles. The molecule has 0 spiro atoms. The smallest absolute Gasteiger partial charge is 0.236 e. The Balaban J connectivity index is 1.33. The summed E-state index contributed by atoms with van der Waals surface area (Å²) in [6.07, 6.45) is 7.54. The minimum absolute atomic E-state index is 0.120. The Labute approximate surface area is 152 Å². The number of hydrogen-bond donors (Lipinski definition) is 1. The van der Waals surface area contributed by atoms with E-state index in [0.717, 1.165) is 75.5 Å². The van der Waals surface area contributed by atoms with Crippen LogP contribution >= 0.6 is 11.3 Å². The van der Waals surface area contributed by atoms with E-state index in [2.05, 4.69) is 15.2 Å². The summed E-state index contributed by atoms with van der Waals surface area (Å²) in [6.45, 7) is 3.96. The van der Waals surface area contributed by atoms with Gasteiger partial charge in [0, 0.05) is 43.4 Å². The number of nitrogens with one attached hydrogen (secondary N) is 1. The van der Waals surface area contributed by atoms with E-state index in [1.54, 1.807) is 11.3 Å². The van der Waals surface area contributed by atoms with Crippen LogP contribution in [0.5, 0.6) is 0 Å². The van der Waals surface area contributed by atoms with Crippen molar-refractivity contribution in [3.05, 3.63) is 10.6 Å². The lowest BCUT2D eigenvalue weighted by atomic mass is 9.85. The van der Waals surface area contributed by atoms with Gasteiger partial charge < -0.3 is 10.2 Å². The maximum atomic E-state index is 12.5. The Bertz CT molecular complexity index is 650. The topological polar surface area (TPSA) is 65.5 Å². The van der Waals surface area contributed by atoms with Crippen molar-refractivity contribution in [2.24, 2.45) is 5.92 Å². The predicted octanol–water partition coefficient (Wildman–Crippen LogP) is 2.25. The highest BCUT2D eigenvalue weighted by molar-refractivity contribution is 7.15. The predicted molar refractivity (Wildman–Crippen MR) is 97.5 cm³/mol.